The molecule has 0 amide bonds. The van der Waals surface area contributed by atoms with Crippen molar-refractivity contribution in [3.8, 4) is 0 Å². The average molecular weight is 312 g/mol. The van der Waals surface area contributed by atoms with Crippen LogP contribution < -0.4 is 0 Å². The van der Waals surface area contributed by atoms with E-state index >= 15 is 0 Å². The first kappa shape index (κ1) is 16.5. The molecular weight excluding hydrogens is 284 g/mol. The Hall–Kier alpha value is -1.38. The molecule has 23 heavy (non-hydrogen) atoms. The van der Waals surface area contributed by atoms with Crippen LogP contribution in [0, 0.1) is 5.92 Å². The number of rotatable bonds is 2. The molecule has 3 rings (SSSR count). The summed E-state index contributed by atoms with van der Waals surface area (Å²) in [4.78, 5) is 0. The van der Waals surface area contributed by atoms with Crippen molar-refractivity contribution in [2.75, 3.05) is 0 Å². The lowest BCUT2D eigenvalue weighted by molar-refractivity contribution is 0.0609. The highest BCUT2D eigenvalue weighted by atomic mass is 16.3. The Kier molecular flexibility index (Phi) is 5.34. The standard InChI is InChI=1S/C21H28O2/c1-15-17(11-10-16-12-19(22)14-20(23)13-16)8-5-9-21(15)18-6-3-2-4-7-18/h2-4,6-7,10-11,15,19-23H,5,8-9,12-14H2,1H3/b17-11+/t15-,19+,20+,21-/m0/s1. The van der Waals surface area contributed by atoms with Gasteiger partial charge in [0.2, 0.25) is 0 Å². The van der Waals surface area contributed by atoms with Crippen molar-refractivity contribution in [3.63, 3.8) is 0 Å². The summed E-state index contributed by atoms with van der Waals surface area (Å²) in [6, 6.07) is 10.8. The van der Waals surface area contributed by atoms with E-state index in [0.717, 1.165) is 0 Å². The molecule has 4 atom stereocenters. The minimum atomic E-state index is -0.385. The highest BCUT2D eigenvalue weighted by Gasteiger charge is 2.26. The molecule has 1 aromatic carbocycles. The van der Waals surface area contributed by atoms with Gasteiger partial charge in [-0.1, -0.05) is 60.6 Å². The maximum atomic E-state index is 9.81. The lowest BCUT2D eigenvalue weighted by Crippen LogP contribution is -2.24. The molecule has 0 aliphatic heterocycles. The molecule has 2 aliphatic carbocycles. The predicted molar refractivity (Wildman–Crippen MR) is 94.2 cm³/mol. The van der Waals surface area contributed by atoms with Gasteiger partial charge >= 0.3 is 0 Å². The fraction of sp³-hybridized carbons (Fsp3) is 0.524. The Balaban J connectivity index is 1.74. The molecule has 0 bridgehead atoms. The highest BCUT2D eigenvalue weighted by Crippen LogP contribution is 2.40. The Labute approximate surface area is 139 Å². The monoisotopic (exact) mass is 312 g/mol. The molecule has 0 aromatic heterocycles. The molecule has 2 fully saturated rings. The molecule has 2 N–H and O–H groups in total. The van der Waals surface area contributed by atoms with E-state index in [1.54, 1.807) is 0 Å². The number of hydrogen-bond donors (Lipinski definition) is 2. The van der Waals surface area contributed by atoms with Gasteiger partial charge in [-0.25, -0.2) is 0 Å². The van der Waals surface area contributed by atoms with Gasteiger partial charge < -0.3 is 10.2 Å². The van der Waals surface area contributed by atoms with Gasteiger partial charge in [0, 0.05) is 0 Å². The van der Waals surface area contributed by atoms with Crippen molar-refractivity contribution in [1.29, 1.82) is 0 Å². The Bertz CT molecular complexity index is 561. The maximum absolute atomic E-state index is 9.81. The van der Waals surface area contributed by atoms with Crippen molar-refractivity contribution in [3.05, 3.63) is 59.2 Å². The molecule has 2 heteroatoms. The van der Waals surface area contributed by atoms with Crippen LogP contribution in [-0.2, 0) is 0 Å². The van der Waals surface area contributed by atoms with Crippen LogP contribution in [-0.4, -0.2) is 22.4 Å². The Morgan fingerprint density at radius 2 is 1.70 bits per heavy atom. The second-order valence-corrected chi connectivity index (χ2v) is 7.22. The normalized spacial score (nSPS) is 33.7. The molecular formula is C21H28O2. The van der Waals surface area contributed by atoms with E-state index in [1.807, 2.05) is 0 Å². The molecule has 2 nitrogen and oxygen atoms in total. The van der Waals surface area contributed by atoms with Crippen LogP contribution in [0.3, 0.4) is 0 Å². The second kappa shape index (κ2) is 7.46. The average Bonchev–Trinajstić information content (AvgIpc) is 2.54. The van der Waals surface area contributed by atoms with Gasteiger partial charge in [-0.05, 0) is 55.9 Å². The molecule has 1 aromatic rings. The van der Waals surface area contributed by atoms with Crippen LogP contribution in [0.1, 0.15) is 56.9 Å². The number of allylic oxidation sites excluding steroid dienone is 3. The predicted octanol–water partition coefficient (Wildman–Crippen LogP) is 4.35. The zero-order valence-corrected chi connectivity index (χ0v) is 14.0. The van der Waals surface area contributed by atoms with Gasteiger partial charge in [-0.2, -0.15) is 0 Å². The zero-order valence-electron chi connectivity index (χ0n) is 14.0. The number of benzene rings is 1. The van der Waals surface area contributed by atoms with Crippen molar-refractivity contribution >= 4 is 0 Å². The molecule has 0 saturated heterocycles. The first-order valence-electron chi connectivity index (χ1n) is 8.93. The lowest BCUT2D eigenvalue weighted by Gasteiger charge is -2.32. The van der Waals surface area contributed by atoms with Crippen LogP contribution in [0.2, 0.25) is 0 Å². The van der Waals surface area contributed by atoms with Gasteiger partial charge in [-0.3, -0.25) is 0 Å². The van der Waals surface area contributed by atoms with Gasteiger partial charge in [0.05, 0.1) is 12.2 Å². The number of aliphatic hydroxyl groups is 2. The summed E-state index contributed by atoms with van der Waals surface area (Å²) in [6.45, 7) is 2.34. The molecule has 2 saturated carbocycles. The van der Waals surface area contributed by atoms with Crippen molar-refractivity contribution in [1.82, 2.24) is 0 Å². The van der Waals surface area contributed by atoms with Crippen molar-refractivity contribution < 1.29 is 10.2 Å². The van der Waals surface area contributed by atoms with Crippen LogP contribution >= 0.6 is 0 Å². The number of aliphatic hydroxyl groups excluding tert-OH is 2. The van der Waals surface area contributed by atoms with Gasteiger partial charge in [0.1, 0.15) is 0 Å². The van der Waals surface area contributed by atoms with Crippen molar-refractivity contribution in [2.24, 2.45) is 5.92 Å². The van der Waals surface area contributed by atoms with E-state index in [-0.39, 0.29) is 12.2 Å². The van der Waals surface area contributed by atoms with E-state index in [9.17, 15) is 10.2 Å². The summed E-state index contributed by atoms with van der Waals surface area (Å²) in [6.07, 6.45) is 9.24. The van der Waals surface area contributed by atoms with E-state index in [2.05, 4.69) is 49.4 Å². The van der Waals surface area contributed by atoms with E-state index in [4.69, 9.17) is 0 Å². The molecule has 2 aliphatic rings. The van der Waals surface area contributed by atoms with E-state index < -0.39 is 0 Å². The Morgan fingerprint density at radius 1 is 1.00 bits per heavy atom. The Morgan fingerprint density at radius 3 is 2.39 bits per heavy atom. The molecule has 124 valence electrons. The summed E-state index contributed by atoms with van der Waals surface area (Å²) in [5, 5.41) is 19.6. The summed E-state index contributed by atoms with van der Waals surface area (Å²) in [5.74, 6) is 1.17. The van der Waals surface area contributed by atoms with Crippen LogP contribution in [0.4, 0.5) is 0 Å². The first-order valence-corrected chi connectivity index (χ1v) is 8.93. The third-order valence-electron chi connectivity index (χ3n) is 5.47. The van der Waals surface area contributed by atoms with E-state index in [0.29, 0.717) is 31.1 Å². The van der Waals surface area contributed by atoms with Gasteiger partial charge in [0.15, 0.2) is 0 Å². The summed E-state index contributed by atoms with van der Waals surface area (Å²) in [5.41, 5.74) is 4.13. The van der Waals surface area contributed by atoms with Crippen LogP contribution in [0.15, 0.2) is 53.6 Å². The largest absolute Gasteiger partial charge is 0.393 e. The highest BCUT2D eigenvalue weighted by molar-refractivity contribution is 5.28. The third-order valence-corrected chi connectivity index (χ3v) is 5.47. The summed E-state index contributed by atoms with van der Waals surface area (Å²) < 4.78 is 0. The minimum absolute atomic E-state index is 0.385. The second-order valence-electron chi connectivity index (χ2n) is 7.22. The fourth-order valence-electron chi connectivity index (χ4n) is 4.18. The summed E-state index contributed by atoms with van der Waals surface area (Å²) >= 11 is 0. The molecule has 0 unspecified atom stereocenters. The lowest BCUT2D eigenvalue weighted by atomic mass is 9.73. The maximum Gasteiger partial charge on any atom is 0.0602 e. The van der Waals surface area contributed by atoms with Crippen LogP contribution in [0.5, 0.6) is 0 Å². The van der Waals surface area contributed by atoms with Gasteiger partial charge in [0.25, 0.3) is 0 Å². The van der Waals surface area contributed by atoms with Crippen molar-refractivity contribution in [2.45, 2.75) is 63.6 Å². The van der Waals surface area contributed by atoms with E-state index in [1.165, 1.54) is 36.0 Å². The van der Waals surface area contributed by atoms with Gasteiger partial charge in [-0.15, -0.1) is 0 Å². The number of hydrogen-bond acceptors (Lipinski definition) is 2. The zero-order chi connectivity index (χ0) is 16.2. The quantitative estimate of drug-likeness (QED) is 0.852. The summed E-state index contributed by atoms with van der Waals surface area (Å²) in [7, 11) is 0. The fourth-order valence-corrected chi connectivity index (χ4v) is 4.18. The smallest absolute Gasteiger partial charge is 0.0602 e. The first-order chi connectivity index (χ1) is 11.1. The molecule has 0 spiro atoms. The van der Waals surface area contributed by atoms with Crippen LogP contribution in [0.25, 0.3) is 0 Å². The molecule has 0 radical (unpaired) electrons. The topological polar surface area (TPSA) is 40.5 Å². The third kappa shape index (κ3) is 4.13. The molecule has 0 heterocycles. The SMILES string of the molecule is C[C@H]1/C(=C/C=C2C[C@@H](O)C[C@H](O)C2)CCC[C@@H]1c1ccccc1. The minimum Gasteiger partial charge on any atom is -0.393 e.